The van der Waals surface area contributed by atoms with Gasteiger partial charge in [-0.15, -0.1) is 0 Å². The van der Waals surface area contributed by atoms with E-state index in [0.717, 1.165) is 0 Å². The van der Waals surface area contributed by atoms with Crippen LogP contribution in [0.3, 0.4) is 0 Å². The number of rotatable bonds is 6. The third-order valence-corrected chi connectivity index (χ3v) is 5.25. The molecular weight excluding hydrogens is 456 g/mol. The van der Waals surface area contributed by atoms with Crippen LogP contribution in [0, 0.1) is 6.92 Å². The summed E-state index contributed by atoms with van der Waals surface area (Å²) in [5, 5.41) is 11.5. The molecule has 9 nitrogen and oxygen atoms in total. The van der Waals surface area contributed by atoms with Crippen LogP contribution in [0.4, 0.5) is 5.69 Å². The molecule has 0 aliphatic rings. The predicted molar refractivity (Wildman–Crippen MR) is 125 cm³/mol. The highest BCUT2D eigenvalue weighted by molar-refractivity contribution is 6.33. The highest BCUT2D eigenvalue weighted by atomic mass is 35.5. The van der Waals surface area contributed by atoms with Gasteiger partial charge in [0.25, 0.3) is 5.91 Å². The summed E-state index contributed by atoms with van der Waals surface area (Å²) in [6.45, 7) is 1.68. The Kier molecular flexibility index (Phi) is 5.75. The van der Waals surface area contributed by atoms with E-state index in [4.69, 9.17) is 20.9 Å². The fourth-order valence-electron chi connectivity index (χ4n) is 3.31. The molecule has 0 aliphatic carbocycles. The summed E-state index contributed by atoms with van der Waals surface area (Å²) >= 11 is 6.29. The van der Waals surface area contributed by atoms with Crippen LogP contribution in [0.5, 0.6) is 11.6 Å². The second-order valence-electron chi connectivity index (χ2n) is 7.19. The molecule has 0 saturated carbocycles. The maximum absolute atomic E-state index is 13.0. The van der Waals surface area contributed by atoms with Crippen molar-refractivity contribution in [3.05, 3.63) is 95.7 Å². The molecule has 0 fully saturated rings. The van der Waals surface area contributed by atoms with Crippen molar-refractivity contribution < 1.29 is 14.1 Å². The lowest BCUT2D eigenvalue weighted by Gasteiger charge is -2.09. The normalized spacial score (nSPS) is 10.8. The summed E-state index contributed by atoms with van der Waals surface area (Å²) in [7, 11) is 0. The Morgan fingerprint density at radius 3 is 2.68 bits per heavy atom. The van der Waals surface area contributed by atoms with Crippen LogP contribution in [0.25, 0.3) is 17.1 Å². The lowest BCUT2D eigenvalue weighted by Crippen LogP contribution is -2.13. The van der Waals surface area contributed by atoms with Crippen molar-refractivity contribution in [3.8, 4) is 28.7 Å². The number of aromatic nitrogens is 5. The summed E-state index contributed by atoms with van der Waals surface area (Å²) < 4.78 is 12.7. The van der Waals surface area contributed by atoms with E-state index in [9.17, 15) is 4.79 Å². The van der Waals surface area contributed by atoms with Crippen molar-refractivity contribution in [2.24, 2.45) is 0 Å². The minimum atomic E-state index is -0.359. The van der Waals surface area contributed by atoms with Crippen LogP contribution in [-0.2, 0) is 0 Å². The van der Waals surface area contributed by atoms with Crippen molar-refractivity contribution in [3.63, 3.8) is 0 Å². The number of hydrogen-bond donors (Lipinski definition) is 1. The Labute approximate surface area is 199 Å². The van der Waals surface area contributed by atoms with Crippen LogP contribution in [0.1, 0.15) is 16.1 Å². The summed E-state index contributed by atoms with van der Waals surface area (Å²) in [5.74, 6) is 1.52. The fourth-order valence-corrected chi connectivity index (χ4v) is 3.54. The van der Waals surface area contributed by atoms with E-state index in [2.05, 4.69) is 25.5 Å². The van der Waals surface area contributed by atoms with Crippen molar-refractivity contribution in [2.75, 3.05) is 5.32 Å². The number of ether oxygens (including phenoxy) is 1. The predicted octanol–water partition coefficient (Wildman–Crippen LogP) is 5.32. The zero-order valence-electron chi connectivity index (χ0n) is 17.8. The number of aryl methyl sites for hydroxylation is 1. The number of anilines is 1. The summed E-state index contributed by atoms with van der Waals surface area (Å²) in [5.41, 5.74) is 1.90. The van der Waals surface area contributed by atoms with Gasteiger partial charge in [0.2, 0.25) is 5.88 Å². The first-order chi connectivity index (χ1) is 16.6. The summed E-state index contributed by atoms with van der Waals surface area (Å²) in [4.78, 5) is 21.3. The number of nitrogens with zero attached hydrogens (tertiary/aromatic N) is 5. The largest absolute Gasteiger partial charge is 0.439 e. The standard InChI is InChI=1S/C24H17ClN6O3/c1-15-22(23(30-34-15)18-5-2-3-6-19(18)25)24(32)29-16-7-9-17(10-8-16)33-21-13-20(26-14-27-21)31-12-4-11-28-31/h2-14H,1H3,(H,29,32). The van der Waals surface area contributed by atoms with Crippen LogP contribution in [-0.4, -0.2) is 30.8 Å². The van der Waals surface area contributed by atoms with E-state index in [0.29, 0.717) is 50.7 Å². The first-order valence-corrected chi connectivity index (χ1v) is 10.6. The van der Waals surface area contributed by atoms with Gasteiger partial charge >= 0.3 is 0 Å². The van der Waals surface area contributed by atoms with E-state index in [-0.39, 0.29) is 5.91 Å². The molecule has 0 spiro atoms. The summed E-state index contributed by atoms with van der Waals surface area (Å²) in [6, 6.07) is 17.5. The number of halogens is 1. The number of nitrogens with one attached hydrogen (secondary N) is 1. The zero-order valence-corrected chi connectivity index (χ0v) is 18.6. The van der Waals surface area contributed by atoms with Crippen molar-refractivity contribution in [1.29, 1.82) is 0 Å². The van der Waals surface area contributed by atoms with Crippen molar-refractivity contribution in [1.82, 2.24) is 24.9 Å². The minimum Gasteiger partial charge on any atom is -0.439 e. The topological polar surface area (TPSA) is 108 Å². The van der Waals surface area contributed by atoms with Gasteiger partial charge in [-0.05, 0) is 43.3 Å². The van der Waals surface area contributed by atoms with Gasteiger partial charge < -0.3 is 14.6 Å². The second kappa shape index (κ2) is 9.16. The third-order valence-electron chi connectivity index (χ3n) is 4.92. The maximum atomic E-state index is 13.0. The summed E-state index contributed by atoms with van der Waals surface area (Å²) in [6.07, 6.45) is 4.84. The molecule has 0 unspecified atom stereocenters. The minimum absolute atomic E-state index is 0.320. The van der Waals surface area contributed by atoms with Gasteiger partial charge in [-0.3, -0.25) is 4.79 Å². The average molecular weight is 473 g/mol. The van der Waals surface area contributed by atoms with Gasteiger partial charge in [0, 0.05) is 29.7 Å². The lowest BCUT2D eigenvalue weighted by atomic mass is 10.1. The van der Waals surface area contributed by atoms with Crippen LogP contribution in [0.15, 0.2) is 83.9 Å². The van der Waals surface area contributed by atoms with Gasteiger partial charge in [-0.25, -0.2) is 14.6 Å². The van der Waals surface area contributed by atoms with Crippen molar-refractivity contribution >= 4 is 23.2 Å². The number of amides is 1. The molecule has 3 aromatic heterocycles. The second-order valence-corrected chi connectivity index (χ2v) is 7.60. The molecule has 0 radical (unpaired) electrons. The molecule has 0 saturated heterocycles. The molecule has 3 heterocycles. The van der Waals surface area contributed by atoms with Gasteiger partial charge in [0.15, 0.2) is 5.82 Å². The molecule has 0 aliphatic heterocycles. The van der Waals surface area contributed by atoms with Crippen molar-refractivity contribution in [2.45, 2.75) is 6.92 Å². The lowest BCUT2D eigenvalue weighted by molar-refractivity contribution is 0.102. The molecule has 5 rings (SSSR count). The molecule has 168 valence electrons. The average Bonchev–Trinajstić information content (AvgIpc) is 3.51. The monoisotopic (exact) mass is 472 g/mol. The van der Waals surface area contributed by atoms with E-state index >= 15 is 0 Å². The Balaban J connectivity index is 1.31. The van der Waals surface area contributed by atoms with Crippen LogP contribution >= 0.6 is 11.6 Å². The zero-order chi connectivity index (χ0) is 23.5. The van der Waals surface area contributed by atoms with E-state index in [1.165, 1.54) is 6.33 Å². The molecule has 5 aromatic rings. The number of carbonyl (C=O) groups is 1. The van der Waals surface area contributed by atoms with E-state index in [1.807, 2.05) is 12.1 Å². The first kappa shape index (κ1) is 21.4. The SMILES string of the molecule is Cc1onc(-c2ccccc2Cl)c1C(=O)Nc1ccc(Oc2cc(-n3cccn3)ncn2)cc1. The molecule has 0 bridgehead atoms. The smallest absolute Gasteiger partial charge is 0.261 e. The molecule has 34 heavy (non-hydrogen) atoms. The van der Waals surface area contributed by atoms with Gasteiger partial charge in [0.1, 0.15) is 29.1 Å². The number of carbonyl (C=O) groups excluding carboxylic acids is 1. The maximum Gasteiger partial charge on any atom is 0.261 e. The Morgan fingerprint density at radius 1 is 1.09 bits per heavy atom. The van der Waals surface area contributed by atoms with E-state index in [1.54, 1.807) is 72.5 Å². The molecule has 0 atom stereocenters. The molecule has 2 aromatic carbocycles. The quantitative estimate of drug-likeness (QED) is 0.356. The first-order valence-electron chi connectivity index (χ1n) is 10.2. The Morgan fingerprint density at radius 2 is 1.91 bits per heavy atom. The van der Waals surface area contributed by atoms with Gasteiger partial charge in [0.05, 0.1) is 5.02 Å². The third kappa shape index (κ3) is 4.37. The van der Waals surface area contributed by atoms with Crippen LogP contribution < -0.4 is 10.1 Å². The highest BCUT2D eigenvalue weighted by Crippen LogP contribution is 2.31. The van der Waals surface area contributed by atoms with E-state index < -0.39 is 0 Å². The Hall–Kier alpha value is -4.50. The number of hydrogen-bond acceptors (Lipinski definition) is 7. The number of benzene rings is 2. The molecule has 10 heteroatoms. The van der Waals surface area contributed by atoms with Crippen LogP contribution in [0.2, 0.25) is 5.02 Å². The van der Waals surface area contributed by atoms with Gasteiger partial charge in [-0.2, -0.15) is 5.10 Å². The fraction of sp³-hybridized carbons (Fsp3) is 0.0417. The molecule has 1 N–H and O–H groups in total. The Bertz CT molecular complexity index is 1450. The molecular formula is C24H17ClN6O3. The molecule has 1 amide bonds. The van der Waals surface area contributed by atoms with Gasteiger partial charge in [-0.1, -0.05) is 35.0 Å². The highest BCUT2D eigenvalue weighted by Gasteiger charge is 2.23.